The summed E-state index contributed by atoms with van der Waals surface area (Å²) in [6, 6.07) is 6.17. The summed E-state index contributed by atoms with van der Waals surface area (Å²) in [5.74, 6) is 1.45. The molecule has 1 aromatic carbocycles. The van der Waals surface area contributed by atoms with Crippen LogP contribution in [0.5, 0.6) is 11.5 Å². The lowest BCUT2D eigenvalue weighted by molar-refractivity contribution is -0.117. The average molecular weight is 361 g/mol. The van der Waals surface area contributed by atoms with Crippen LogP contribution in [0.4, 0.5) is 5.69 Å². The number of carbonyl (C=O) groups excluding carboxylic acids is 1. The maximum absolute atomic E-state index is 12.4. The Kier molecular flexibility index (Phi) is 5.57. The van der Waals surface area contributed by atoms with E-state index >= 15 is 0 Å². The molecule has 4 rings (SSSR count). The summed E-state index contributed by atoms with van der Waals surface area (Å²) in [5, 5.41) is 2.97. The van der Waals surface area contributed by atoms with E-state index in [0.29, 0.717) is 31.5 Å². The molecule has 3 heterocycles. The van der Waals surface area contributed by atoms with Crippen LogP contribution < -0.4 is 14.8 Å². The van der Waals surface area contributed by atoms with Gasteiger partial charge in [-0.15, -0.1) is 0 Å². The number of benzene rings is 1. The highest BCUT2D eigenvalue weighted by Gasteiger charge is 2.26. The van der Waals surface area contributed by atoms with Gasteiger partial charge in [0, 0.05) is 44.0 Å². The van der Waals surface area contributed by atoms with Gasteiger partial charge in [0.1, 0.15) is 13.2 Å². The number of carbonyl (C=O) groups is 1. The number of ether oxygens (including phenoxy) is 3. The van der Waals surface area contributed by atoms with Crippen molar-refractivity contribution in [1.29, 1.82) is 0 Å². The number of nitrogens with one attached hydrogen (secondary N) is 1. The number of morpholine rings is 1. The van der Waals surface area contributed by atoms with Gasteiger partial charge in [0.15, 0.2) is 11.5 Å². The molecule has 7 heteroatoms. The lowest BCUT2D eigenvalue weighted by Gasteiger charge is -2.39. The number of nitrogens with zero attached hydrogens (tertiary/aromatic N) is 2. The molecule has 0 bridgehead atoms. The summed E-state index contributed by atoms with van der Waals surface area (Å²) >= 11 is 0. The van der Waals surface area contributed by atoms with Crippen molar-refractivity contribution < 1.29 is 19.0 Å². The molecule has 2 saturated heterocycles. The molecule has 3 aliphatic rings. The zero-order valence-electron chi connectivity index (χ0n) is 15.1. The minimum Gasteiger partial charge on any atom is -0.486 e. The lowest BCUT2D eigenvalue weighted by Crippen LogP contribution is -2.50. The standard InChI is InChI=1S/C19H27N3O4/c23-19(20-15-1-2-17-18(13-15)26-12-11-25-17)14-21-5-3-16(4-6-21)22-7-9-24-10-8-22/h1-2,13,16H,3-12,14H2,(H,20,23). The molecule has 0 spiro atoms. The Labute approximate surface area is 154 Å². The normalized spacial score (nSPS) is 22.2. The Morgan fingerprint density at radius 1 is 1.00 bits per heavy atom. The summed E-state index contributed by atoms with van der Waals surface area (Å²) in [6.07, 6.45) is 2.24. The molecule has 142 valence electrons. The van der Waals surface area contributed by atoms with Crippen LogP contribution in [0.25, 0.3) is 0 Å². The van der Waals surface area contributed by atoms with Gasteiger partial charge in [-0.3, -0.25) is 14.6 Å². The zero-order valence-corrected chi connectivity index (χ0v) is 15.1. The fourth-order valence-electron chi connectivity index (χ4n) is 3.91. The van der Waals surface area contributed by atoms with E-state index in [-0.39, 0.29) is 5.91 Å². The first-order chi connectivity index (χ1) is 12.8. The van der Waals surface area contributed by atoms with Crippen molar-refractivity contribution >= 4 is 11.6 Å². The average Bonchev–Trinajstić information content (AvgIpc) is 2.69. The van der Waals surface area contributed by atoms with Crippen LogP contribution in [0.2, 0.25) is 0 Å². The molecular weight excluding hydrogens is 334 g/mol. The van der Waals surface area contributed by atoms with Crippen molar-refractivity contribution in [3.05, 3.63) is 18.2 Å². The Morgan fingerprint density at radius 2 is 1.73 bits per heavy atom. The third-order valence-electron chi connectivity index (χ3n) is 5.31. The zero-order chi connectivity index (χ0) is 17.8. The van der Waals surface area contributed by atoms with Gasteiger partial charge in [0.25, 0.3) is 0 Å². The van der Waals surface area contributed by atoms with Crippen LogP contribution in [0, 0.1) is 0 Å². The van der Waals surface area contributed by atoms with Crippen LogP contribution in [0.3, 0.4) is 0 Å². The topological polar surface area (TPSA) is 63.3 Å². The Balaban J connectivity index is 1.24. The monoisotopic (exact) mass is 361 g/mol. The predicted molar refractivity (Wildman–Crippen MR) is 97.9 cm³/mol. The predicted octanol–water partition coefficient (Wildman–Crippen LogP) is 1.19. The van der Waals surface area contributed by atoms with E-state index in [1.807, 2.05) is 18.2 Å². The molecule has 0 radical (unpaired) electrons. The Bertz CT molecular complexity index is 625. The molecule has 26 heavy (non-hydrogen) atoms. The van der Waals surface area contributed by atoms with Crippen molar-refractivity contribution in [1.82, 2.24) is 9.80 Å². The maximum atomic E-state index is 12.4. The third kappa shape index (κ3) is 4.28. The molecule has 1 aromatic rings. The van der Waals surface area contributed by atoms with Crippen molar-refractivity contribution in [3.8, 4) is 11.5 Å². The van der Waals surface area contributed by atoms with Gasteiger partial charge in [-0.05, 0) is 25.0 Å². The quantitative estimate of drug-likeness (QED) is 0.869. The number of likely N-dealkylation sites (tertiary alicyclic amines) is 1. The van der Waals surface area contributed by atoms with E-state index in [9.17, 15) is 4.79 Å². The number of hydrogen-bond acceptors (Lipinski definition) is 6. The minimum absolute atomic E-state index is 0.0199. The Morgan fingerprint density at radius 3 is 2.50 bits per heavy atom. The molecule has 0 aliphatic carbocycles. The molecule has 0 aromatic heterocycles. The molecule has 1 amide bonds. The van der Waals surface area contributed by atoms with Crippen molar-refractivity contribution in [2.24, 2.45) is 0 Å². The van der Waals surface area contributed by atoms with Crippen LogP contribution in [-0.2, 0) is 9.53 Å². The van der Waals surface area contributed by atoms with Gasteiger partial charge in [0.2, 0.25) is 5.91 Å². The first-order valence-corrected chi connectivity index (χ1v) is 9.51. The van der Waals surface area contributed by atoms with E-state index < -0.39 is 0 Å². The van der Waals surface area contributed by atoms with E-state index in [1.54, 1.807) is 0 Å². The summed E-state index contributed by atoms with van der Waals surface area (Å²) < 4.78 is 16.5. The second-order valence-electron chi connectivity index (χ2n) is 7.06. The van der Waals surface area contributed by atoms with Gasteiger partial charge in [-0.1, -0.05) is 0 Å². The number of hydrogen-bond donors (Lipinski definition) is 1. The minimum atomic E-state index is 0.0199. The van der Waals surface area contributed by atoms with E-state index in [4.69, 9.17) is 14.2 Å². The van der Waals surface area contributed by atoms with Crippen molar-refractivity contribution in [2.75, 3.05) is 64.5 Å². The van der Waals surface area contributed by atoms with Gasteiger partial charge < -0.3 is 19.5 Å². The SMILES string of the molecule is O=C(CN1CCC(N2CCOCC2)CC1)Nc1ccc2c(c1)OCCO2. The largest absolute Gasteiger partial charge is 0.486 e. The summed E-state index contributed by atoms with van der Waals surface area (Å²) in [6.45, 7) is 7.25. The second kappa shape index (κ2) is 8.24. The number of rotatable bonds is 4. The van der Waals surface area contributed by atoms with Gasteiger partial charge in [-0.2, -0.15) is 0 Å². The van der Waals surface area contributed by atoms with Crippen LogP contribution in [0.15, 0.2) is 18.2 Å². The fraction of sp³-hybridized carbons (Fsp3) is 0.632. The second-order valence-corrected chi connectivity index (χ2v) is 7.06. The molecule has 1 N–H and O–H groups in total. The van der Waals surface area contributed by atoms with Crippen LogP contribution in [0.1, 0.15) is 12.8 Å². The van der Waals surface area contributed by atoms with Crippen molar-refractivity contribution in [2.45, 2.75) is 18.9 Å². The first-order valence-electron chi connectivity index (χ1n) is 9.51. The molecular formula is C19H27N3O4. The highest BCUT2D eigenvalue weighted by atomic mass is 16.6. The number of anilines is 1. The number of amides is 1. The molecule has 0 atom stereocenters. The molecule has 7 nitrogen and oxygen atoms in total. The van der Waals surface area contributed by atoms with E-state index in [1.165, 1.54) is 0 Å². The molecule has 0 saturated carbocycles. The van der Waals surface area contributed by atoms with Crippen LogP contribution >= 0.6 is 0 Å². The van der Waals surface area contributed by atoms with E-state index in [2.05, 4.69) is 15.1 Å². The third-order valence-corrected chi connectivity index (χ3v) is 5.31. The molecule has 0 unspecified atom stereocenters. The number of piperidine rings is 1. The number of fused-ring (bicyclic) bond motifs is 1. The molecule has 2 fully saturated rings. The smallest absolute Gasteiger partial charge is 0.238 e. The first kappa shape index (κ1) is 17.6. The van der Waals surface area contributed by atoms with E-state index in [0.717, 1.165) is 63.7 Å². The van der Waals surface area contributed by atoms with Gasteiger partial charge in [-0.25, -0.2) is 0 Å². The highest BCUT2D eigenvalue weighted by molar-refractivity contribution is 5.92. The summed E-state index contributed by atoms with van der Waals surface area (Å²) in [7, 11) is 0. The Hall–Kier alpha value is -1.83. The summed E-state index contributed by atoms with van der Waals surface area (Å²) in [4.78, 5) is 17.2. The van der Waals surface area contributed by atoms with Gasteiger partial charge >= 0.3 is 0 Å². The highest BCUT2D eigenvalue weighted by Crippen LogP contribution is 2.32. The maximum Gasteiger partial charge on any atom is 0.238 e. The van der Waals surface area contributed by atoms with Gasteiger partial charge in [0.05, 0.1) is 19.8 Å². The fourth-order valence-corrected chi connectivity index (χ4v) is 3.91. The van der Waals surface area contributed by atoms with Crippen molar-refractivity contribution in [3.63, 3.8) is 0 Å². The summed E-state index contributed by atoms with van der Waals surface area (Å²) in [5.41, 5.74) is 0.752. The van der Waals surface area contributed by atoms with Crippen LogP contribution in [-0.4, -0.2) is 80.9 Å². The lowest BCUT2D eigenvalue weighted by atomic mass is 10.0. The molecule has 3 aliphatic heterocycles.